The zero-order valence-corrected chi connectivity index (χ0v) is 16.6. The Balaban J connectivity index is 1.47. The fourth-order valence-electron chi connectivity index (χ4n) is 2.84. The second-order valence-corrected chi connectivity index (χ2v) is 7.43. The summed E-state index contributed by atoms with van der Waals surface area (Å²) >= 11 is 3.37. The van der Waals surface area contributed by atoms with Crippen LogP contribution in [0.3, 0.4) is 0 Å². The number of para-hydroxylation sites is 2. The Morgan fingerprint density at radius 2 is 1.82 bits per heavy atom. The second kappa shape index (κ2) is 7.98. The monoisotopic (exact) mass is 439 g/mol. The maximum absolute atomic E-state index is 12.6. The van der Waals surface area contributed by atoms with E-state index in [0.29, 0.717) is 17.3 Å². The van der Waals surface area contributed by atoms with E-state index in [1.54, 1.807) is 16.8 Å². The number of hydrogen-bond acceptors (Lipinski definition) is 4. The van der Waals surface area contributed by atoms with Crippen LogP contribution in [0.5, 0.6) is 0 Å². The van der Waals surface area contributed by atoms with Crippen LogP contribution in [0.4, 0.5) is 5.69 Å². The molecule has 0 saturated heterocycles. The van der Waals surface area contributed by atoms with E-state index in [0.717, 1.165) is 28.7 Å². The summed E-state index contributed by atoms with van der Waals surface area (Å²) in [6, 6.07) is 18.4. The minimum atomic E-state index is -0.578. The van der Waals surface area contributed by atoms with Gasteiger partial charge in [-0.2, -0.15) is 5.10 Å². The summed E-state index contributed by atoms with van der Waals surface area (Å²) in [5.41, 5.74) is 2.60. The largest absolute Gasteiger partial charge is 0.451 e. The highest BCUT2D eigenvalue weighted by Crippen LogP contribution is 2.39. The first-order chi connectivity index (χ1) is 13.6. The van der Waals surface area contributed by atoms with Crippen LogP contribution in [-0.2, 0) is 9.53 Å². The molecular formula is C21H18BrN3O3. The van der Waals surface area contributed by atoms with Gasteiger partial charge in [0.05, 0.1) is 17.1 Å². The average Bonchev–Trinajstić information content (AvgIpc) is 3.47. The molecule has 3 aromatic rings. The first kappa shape index (κ1) is 18.4. The number of hydrogen-bond donors (Lipinski definition) is 1. The van der Waals surface area contributed by atoms with Gasteiger partial charge in [0.15, 0.2) is 12.3 Å². The van der Waals surface area contributed by atoms with E-state index in [4.69, 9.17) is 4.74 Å². The quantitative estimate of drug-likeness (QED) is 0.580. The number of benzene rings is 2. The maximum Gasteiger partial charge on any atom is 0.357 e. The third kappa shape index (κ3) is 4.14. The number of rotatable bonds is 6. The summed E-state index contributed by atoms with van der Waals surface area (Å²) in [7, 11) is 0. The summed E-state index contributed by atoms with van der Waals surface area (Å²) in [5, 5.41) is 7.29. The summed E-state index contributed by atoms with van der Waals surface area (Å²) in [5.74, 6) is -0.589. The molecule has 142 valence electrons. The molecule has 1 fully saturated rings. The second-order valence-electron chi connectivity index (χ2n) is 6.58. The van der Waals surface area contributed by atoms with Gasteiger partial charge in [-0.05, 0) is 59.1 Å². The van der Waals surface area contributed by atoms with Gasteiger partial charge in [-0.15, -0.1) is 0 Å². The maximum atomic E-state index is 12.6. The average molecular weight is 440 g/mol. The van der Waals surface area contributed by atoms with E-state index in [2.05, 4.69) is 26.3 Å². The molecular weight excluding hydrogens is 422 g/mol. The van der Waals surface area contributed by atoms with Crippen molar-refractivity contribution in [3.8, 4) is 5.69 Å². The Labute approximate surface area is 170 Å². The molecule has 1 saturated carbocycles. The molecule has 28 heavy (non-hydrogen) atoms. The van der Waals surface area contributed by atoms with Crippen molar-refractivity contribution in [2.45, 2.75) is 18.8 Å². The number of nitrogens with one attached hydrogen (secondary N) is 1. The lowest BCUT2D eigenvalue weighted by atomic mass is 10.2. The minimum absolute atomic E-state index is 0.321. The molecule has 6 nitrogen and oxygen atoms in total. The van der Waals surface area contributed by atoms with Gasteiger partial charge in [0.2, 0.25) is 0 Å². The number of nitrogens with zero attached hydrogens (tertiary/aromatic N) is 2. The van der Waals surface area contributed by atoms with E-state index in [-0.39, 0.29) is 6.61 Å². The van der Waals surface area contributed by atoms with Crippen LogP contribution in [0.2, 0.25) is 0 Å². The number of carbonyl (C=O) groups is 2. The molecule has 2 aromatic carbocycles. The molecule has 1 aliphatic rings. The smallest absolute Gasteiger partial charge is 0.357 e. The van der Waals surface area contributed by atoms with E-state index in [9.17, 15) is 9.59 Å². The highest BCUT2D eigenvalue weighted by molar-refractivity contribution is 9.10. The molecule has 0 aliphatic heterocycles. The van der Waals surface area contributed by atoms with Crippen molar-refractivity contribution >= 4 is 33.5 Å². The molecule has 1 N–H and O–H groups in total. The van der Waals surface area contributed by atoms with E-state index >= 15 is 0 Å². The van der Waals surface area contributed by atoms with Crippen molar-refractivity contribution in [3.05, 3.63) is 76.5 Å². The van der Waals surface area contributed by atoms with Crippen LogP contribution < -0.4 is 5.32 Å². The molecule has 7 heteroatoms. The Hall–Kier alpha value is -2.93. The first-order valence-electron chi connectivity index (χ1n) is 8.98. The van der Waals surface area contributed by atoms with Crippen LogP contribution in [0, 0.1) is 0 Å². The van der Waals surface area contributed by atoms with Crippen LogP contribution in [0.25, 0.3) is 5.69 Å². The van der Waals surface area contributed by atoms with Gasteiger partial charge in [0.1, 0.15) is 0 Å². The van der Waals surface area contributed by atoms with Crippen LogP contribution in [-0.4, -0.2) is 28.3 Å². The molecule has 0 atom stereocenters. The molecule has 4 rings (SSSR count). The fraction of sp³-hybridized carbons (Fsp3) is 0.190. The SMILES string of the molecule is O=C(COC(=O)c1cc(C2CC2)nn1-c1ccccc1)Nc1ccccc1Br. The summed E-state index contributed by atoms with van der Waals surface area (Å²) in [6.07, 6.45) is 2.16. The predicted molar refractivity (Wildman–Crippen MR) is 109 cm³/mol. The molecule has 0 spiro atoms. The minimum Gasteiger partial charge on any atom is -0.451 e. The van der Waals surface area contributed by atoms with Crippen molar-refractivity contribution in [2.24, 2.45) is 0 Å². The highest BCUT2D eigenvalue weighted by atomic mass is 79.9. The number of esters is 1. The summed E-state index contributed by atoms with van der Waals surface area (Å²) in [4.78, 5) is 24.8. The van der Waals surface area contributed by atoms with Gasteiger partial charge in [-0.3, -0.25) is 4.79 Å². The molecule has 1 aromatic heterocycles. The molecule has 0 bridgehead atoms. The summed E-state index contributed by atoms with van der Waals surface area (Å²) in [6.45, 7) is -0.376. The van der Waals surface area contributed by atoms with Crippen LogP contribution >= 0.6 is 15.9 Å². The Morgan fingerprint density at radius 1 is 1.11 bits per heavy atom. The lowest BCUT2D eigenvalue weighted by Gasteiger charge is -2.09. The Morgan fingerprint density at radius 3 is 2.54 bits per heavy atom. The lowest BCUT2D eigenvalue weighted by molar-refractivity contribution is -0.119. The van der Waals surface area contributed by atoms with Gasteiger partial charge in [0, 0.05) is 10.4 Å². The Kier molecular flexibility index (Phi) is 5.25. The van der Waals surface area contributed by atoms with E-state index in [1.165, 1.54) is 0 Å². The third-order valence-corrected chi connectivity index (χ3v) is 5.11. The van der Waals surface area contributed by atoms with Crippen molar-refractivity contribution in [1.82, 2.24) is 9.78 Å². The summed E-state index contributed by atoms with van der Waals surface area (Å²) < 4.78 is 7.59. The number of halogens is 1. The molecule has 1 amide bonds. The van der Waals surface area contributed by atoms with Gasteiger partial charge in [-0.25, -0.2) is 9.48 Å². The van der Waals surface area contributed by atoms with Crippen LogP contribution in [0.15, 0.2) is 65.1 Å². The molecule has 0 unspecified atom stereocenters. The van der Waals surface area contributed by atoms with Crippen molar-refractivity contribution in [1.29, 1.82) is 0 Å². The lowest BCUT2D eigenvalue weighted by Crippen LogP contribution is -2.22. The fourth-order valence-corrected chi connectivity index (χ4v) is 3.23. The molecule has 0 radical (unpaired) electrons. The van der Waals surface area contributed by atoms with Crippen molar-refractivity contribution < 1.29 is 14.3 Å². The first-order valence-corrected chi connectivity index (χ1v) is 9.78. The Bertz CT molecular complexity index is 1010. The number of carbonyl (C=O) groups excluding carboxylic acids is 2. The van der Waals surface area contributed by atoms with Gasteiger partial charge in [-0.1, -0.05) is 30.3 Å². The van der Waals surface area contributed by atoms with E-state index < -0.39 is 11.9 Å². The number of aromatic nitrogens is 2. The van der Waals surface area contributed by atoms with Crippen LogP contribution in [0.1, 0.15) is 34.9 Å². The number of anilines is 1. The number of ether oxygens (including phenoxy) is 1. The number of amides is 1. The molecule has 1 aliphatic carbocycles. The van der Waals surface area contributed by atoms with Gasteiger partial charge < -0.3 is 10.1 Å². The van der Waals surface area contributed by atoms with Crippen molar-refractivity contribution in [3.63, 3.8) is 0 Å². The molecule has 1 heterocycles. The third-order valence-electron chi connectivity index (χ3n) is 4.42. The van der Waals surface area contributed by atoms with Gasteiger partial charge >= 0.3 is 5.97 Å². The predicted octanol–water partition coefficient (Wildman–Crippen LogP) is 4.31. The van der Waals surface area contributed by atoms with Crippen molar-refractivity contribution in [2.75, 3.05) is 11.9 Å². The normalized spacial score (nSPS) is 13.2. The standard InChI is InChI=1S/C21H18BrN3O3/c22-16-8-4-5-9-17(16)23-20(26)13-28-21(27)19-12-18(14-10-11-14)24-25(19)15-6-2-1-3-7-15/h1-9,12,14H,10-11,13H2,(H,23,26). The highest BCUT2D eigenvalue weighted by Gasteiger charge is 2.29. The van der Waals surface area contributed by atoms with E-state index in [1.807, 2.05) is 48.5 Å². The van der Waals surface area contributed by atoms with Gasteiger partial charge in [0.25, 0.3) is 5.91 Å². The topological polar surface area (TPSA) is 73.2 Å². The zero-order valence-electron chi connectivity index (χ0n) is 15.0. The zero-order chi connectivity index (χ0) is 19.5.